The highest BCUT2D eigenvalue weighted by Crippen LogP contribution is 2.17. The molecule has 0 aromatic carbocycles. The van der Waals surface area contributed by atoms with E-state index in [0.29, 0.717) is 5.92 Å². The summed E-state index contributed by atoms with van der Waals surface area (Å²) in [6, 6.07) is 0. The van der Waals surface area contributed by atoms with Gasteiger partial charge in [-0.2, -0.15) is 11.8 Å². The van der Waals surface area contributed by atoms with Gasteiger partial charge in [0.1, 0.15) is 5.82 Å². The smallest absolute Gasteiger partial charge is 0.138 e. The molecule has 0 saturated carbocycles. The molecule has 0 aliphatic rings. The van der Waals surface area contributed by atoms with Crippen molar-refractivity contribution in [2.24, 2.45) is 0 Å². The van der Waals surface area contributed by atoms with Crippen molar-refractivity contribution < 1.29 is 0 Å². The lowest BCUT2D eigenvalue weighted by Crippen LogP contribution is -2.01. The molecule has 0 fully saturated rings. The summed E-state index contributed by atoms with van der Waals surface area (Å²) in [6.07, 6.45) is 3.20. The number of aryl methyl sites for hydroxylation is 1. The highest BCUT2D eigenvalue weighted by molar-refractivity contribution is 7.98. The third-order valence-corrected chi connectivity index (χ3v) is 3.43. The van der Waals surface area contributed by atoms with Crippen LogP contribution in [0.25, 0.3) is 0 Å². The predicted octanol–water partition coefficient (Wildman–Crippen LogP) is 3.55. The van der Waals surface area contributed by atoms with Gasteiger partial charge in [-0.25, -0.2) is 9.97 Å². The molecule has 3 heteroatoms. The van der Waals surface area contributed by atoms with Crippen LogP contribution in [-0.2, 0) is 5.75 Å². The van der Waals surface area contributed by atoms with E-state index in [2.05, 4.69) is 37.7 Å². The molecule has 0 atom stereocenters. The van der Waals surface area contributed by atoms with Gasteiger partial charge in [0.15, 0.2) is 0 Å². The first-order valence-corrected chi connectivity index (χ1v) is 6.70. The van der Waals surface area contributed by atoms with E-state index in [9.17, 15) is 0 Å². The van der Waals surface area contributed by atoms with Crippen molar-refractivity contribution in [3.63, 3.8) is 0 Å². The van der Waals surface area contributed by atoms with Crippen LogP contribution in [0.2, 0.25) is 0 Å². The number of rotatable bonds is 5. The Bertz CT molecular complexity index is 310. The minimum absolute atomic E-state index is 0.516. The summed E-state index contributed by atoms with van der Waals surface area (Å²) in [5, 5.41) is 0. The van der Waals surface area contributed by atoms with Crippen LogP contribution >= 0.6 is 11.8 Å². The topological polar surface area (TPSA) is 25.8 Å². The second kappa shape index (κ2) is 6.11. The molecule has 2 nitrogen and oxygen atoms in total. The van der Waals surface area contributed by atoms with Gasteiger partial charge in [0.05, 0.1) is 5.75 Å². The Balaban J connectivity index is 2.65. The minimum atomic E-state index is 0.516. The lowest BCUT2D eigenvalue weighted by atomic mass is 10.0. The molecule has 0 bridgehead atoms. The van der Waals surface area contributed by atoms with Gasteiger partial charge in [0.25, 0.3) is 0 Å². The Morgan fingerprint density at radius 2 is 2.13 bits per heavy atom. The Labute approximate surface area is 96.9 Å². The summed E-state index contributed by atoms with van der Waals surface area (Å²) < 4.78 is 0. The van der Waals surface area contributed by atoms with Crippen LogP contribution in [-0.4, -0.2) is 15.7 Å². The van der Waals surface area contributed by atoms with Crippen molar-refractivity contribution in [3.05, 3.63) is 23.3 Å². The number of aromatic nitrogens is 2. The number of nitrogens with zero attached hydrogens (tertiary/aromatic N) is 2. The molecule has 0 spiro atoms. The third kappa shape index (κ3) is 3.82. The Morgan fingerprint density at radius 1 is 1.40 bits per heavy atom. The van der Waals surface area contributed by atoms with Gasteiger partial charge in [-0.15, -0.1) is 0 Å². The molecule has 84 valence electrons. The van der Waals surface area contributed by atoms with E-state index in [0.717, 1.165) is 17.3 Å². The van der Waals surface area contributed by atoms with E-state index in [4.69, 9.17) is 0 Å². The van der Waals surface area contributed by atoms with Gasteiger partial charge < -0.3 is 0 Å². The molecular weight excluding hydrogens is 204 g/mol. The first-order valence-electron chi connectivity index (χ1n) is 5.55. The van der Waals surface area contributed by atoms with Crippen molar-refractivity contribution in [2.75, 3.05) is 5.75 Å². The first kappa shape index (κ1) is 12.5. The van der Waals surface area contributed by atoms with Crippen LogP contribution < -0.4 is 0 Å². The molecule has 0 saturated heterocycles. The van der Waals surface area contributed by atoms with Crippen LogP contribution in [0.15, 0.2) is 6.20 Å². The van der Waals surface area contributed by atoms with E-state index < -0.39 is 0 Å². The van der Waals surface area contributed by atoms with Crippen LogP contribution in [0.1, 0.15) is 50.2 Å². The molecule has 15 heavy (non-hydrogen) atoms. The predicted molar refractivity (Wildman–Crippen MR) is 67.3 cm³/mol. The van der Waals surface area contributed by atoms with Gasteiger partial charge in [0.2, 0.25) is 0 Å². The maximum atomic E-state index is 4.53. The zero-order valence-corrected chi connectivity index (χ0v) is 10.9. The molecule has 0 N–H and O–H groups in total. The third-order valence-electron chi connectivity index (χ3n) is 2.27. The molecule has 1 heterocycles. The SMILES string of the molecule is CCCSCc1ncc(C(C)C)c(C)n1. The maximum Gasteiger partial charge on any atom is 0.138 e. The van der Waals surface area contributed by atoms with Gasteiger partial charge in [-0.05, 0) is 30.6 Å². The monoisotopic (exact) mass is 224 g/mol. The molecule has 0 amide bonds. The standard InChI is InChI=1S/C12H20N2S/c1-5-6-15-8-12-13-7-11(9(2)3)10(4)14-12/h7,9H,5-6,8H2,1-4H3. The van der Waals surface area contributed by atoms with Crippen LogP contribution in [0, 0.1) is 6.92 Å². The molecule has 0 unspecified atom stereocenters. The molecule has 0 aliphatic heterocycles. The summed E-state index contributed by atoms with van der Waals surface area (Å²) in [5.41, 5.74) is 2.39. The van der Waals surface area contributed by atoms with Crippen LogP contribution in [0.3, 0.4) is 0 Å². The zero-order chi connectivity index (χ0) is 11.3. The molecular formula is C12H20N2S. The molecule has 1 aromatic rings. The average Bonchev–Trinajstić information content (AvgIpc) is 2.17. The van der Waals surface area contributed by atoms with Gasteiger partial charge in [-0.1, -0.05) is 20.8 Å². The number of hydrogen-bond acceptors (Lipinski definition) is 3. The van der Waals surface area contributed by atoms with E-state index in [1.165, 1.54) is 17.7 Å². The summed E-state index contributed by atoms with van der Waals surface area (Å²) in [4.78, 5) is 8.93. The van der Waals surface area contributed by atoms with Gasteiger partial charge in [0, 0.05) is 11.9 Å². The van der Waals surface area contributed by atoms with Crippen molar-refractivity contribution in [1.82, 2.24) is 9.97 Å². The molecule has 0 radical (unpaired) electrons. The lowest BCUT2D eigenvalue weighted by molar-refractivity contribution is 0.817. The van der Waals surface area contributed by atoms with E-state index in [1.807, 2.05) is 18.0 Å². The van der Waals surface area contributed by atoms with Crippen molar-refractivity contribution >= 4 is 11.8 Å². The maximum absolute atomic E-state index is 4.53. The molecule has 0 aliphatic carbocycles. The Kier molecular flexibility index (Phi) is 5.09. The van der Waals surface area contributed by atoms with Gasteiger partial charge in [-0.3, -0.25) is 0 Å². The largest absolute Gasteiger partial charge is 0.240 e. The lowest BCUT2D eigenvalue weighted by Gasteiger charge is -2.09. The number of hydrogen-bond donors (Lipinski definition) is 0. The fourth-order valence-electron chi connectivity index (χ4n) is 1.47. The summed E-state index contributed by atoms with van der Waals surface area (Å²) >= 11 is 1.90. The van der Waals surface area contributed by atoms with Crippen LogP contribution in [0.4, 0.5) is 0 Å². The highest BCUT2D eigenvalue weighted by Gasteiger charge is 2.06. The summed E-state index contributed by atoms with van der Waals surface area (Å²) in [6.45, 7) is 8.63. The normalized spacial score (nSPS) is 11.0. The fourth-order valence-corrected chi connectivity index (χ4v) is 2.22. The number of thioether (sulfide) groups is 1. The fraction of sp³-hybridized carbons (Fsp3) is 0.667. The second-order valence-corrected chi connectivity index (χ2v) is 5.14. The molecule has 1 aromatic heterocycles. The minimum Gasteiger partial charge on any atom is -0.240 e. The average molecular weight is 224 g/mol. The Hall–Kier alpha value is -0.570. The first-order chi connectivity index (χ1) is 7.15. The second-order valence-electron chi connectivity index (χ2n) is 4.03. The van der Waals surface area contributed by atoms with Crippen molar-refractivity contribution in [3.8, 4) is 0 Å². The van der Waals surface area contributed by atoms with Crippen LogP contribution in [0.5, 0.6) is 0 Å². The van der Waals surface area contributed by atoms with E-state index >= 15 is 0 Å². The Morgan fingerprint density at radius 3 is 2.67 bits per heavy atom. The van der Waals surface area contributed by atoms with E-state index in [-0.39, 0.29) is 0 Å². The van der Waals surface area contributed by atoms with Crippen molar-refractivity contribution in [1.29, 1.82) is 0 Å². The molecule has 1 rings (SSSR count). The van der Waals surface area contributed by atoms with E-state index in [1.54, 1.807) is 0 Å². The summed E-state index contributed by atoms with van der Waals surface area (Å²) in [5.74, 6) is 3.61. The van der Waals surface area contributed by atoms with Gasteiger partial charge >= 0.3 is 0 Å². The zero-order valence-electron chi connectivity index (χ0n) is 10.1. The highest BCUT2D eigenvalue weighted by atomic mass is 32.2. The van der Waals surface area contributed by atoms with Crippen molar-refractivity contribution in [2.45, 2.75) is 45.8 Å². The quantitative estimate of drug-likeness (QED) is 0.715. The summed E-state index contributed by atoms with van der Waals surface area (Å²) in [7, 11) is 0.